The second-order valence-electron chi connectivity index (χ2n) is 6.16. The smallest absolute Gasteiger partial charge is 0.317 e. The van der Waals surface area contributed by atoms with Gasteiger partial charge in [-0.25, -0.2) is 4.79 Å². The molecule has 2 atom stereocenters. The van der Waals surface area contributed by atoms with E-state index in [9.17, 15) is 9.90 Å². The van der Waals surface area contributed by atoms with Gasteiger partial charge in [0.1, 0.15) is 0 Å². The number of morpholine rings is 1. The number of rotatable bonds is 5. The highest BCUT2D eigenvalue weighted by molar-refractivity contribution is 5.74. The average Bonchev–Trinajstić information content (AvgIpc) is 2.54. The number of carbonyl (C=O) groups excluding carboxylic acids is 1. The Morgan fingerprint density at radius 2 is 2.14 bits per heavy atom. The van der Waals surface area contributed by atoms with Crippen molar-refractivity contribution in [1.82, 2.24) is 10.2 Å². The van der Waals surface area contributed by atoms with Gasteiger partial charge in [0.05, 0.1) is 25.4 Å². The SMILES string of the molecule is CC(C)CNC(=O)N1CCOCC1CC(O)c1ccccc1. The van der Waals surface area contributed by atoms with Gasteiger partial charge in [-0.15, -0.1) is 0 Å². The van der Waals surface area contributed by atoms with Crippen LogP contribution in [0.3, 0.4) is 0 Å². The molecule has 0 aromatic heterocycles. The number of nitrogens with zero attached hydrogens (tertiary/aromatic N) is 1. The van der Waals surface area contributed by atoms with Crippen molar-refractivity contribution in [1.29, 1.82) is 0 Å². The topological polar surface area (TPSA) is 61.8 Å². The van der Waals surface area contributed by atoms with Crippen molar-refractivity contribution in [3.8, 4) is 0 Å². The maximum Gasteiger partial charge on any atom is 0.317 e. The first-order valence-electron chi connectivity index (χ1n) is 7.93. The van der Waals surface area contributed by atoms with Crippen molar-refractivity contribution in [3.05, 3.63) is 35.9 Å². The molecule has 122 valence electrons. The lowest BCUT2D eigenvalue weighted by molar-refractivity contribution is -0.00700. The number of nitrogens with one attached hydrogen (secondary N) is 1. The standard InChI is InChI=1S/C17H26N2O3/c1-13(2)11-18-17(21)19-8-9-22-12-15(19)10-16(20)14-6-4-3-5-7-14/h3-7,13,15-16,20H,8-12H2,1-2H3,(H,18,21). The summed E-state index contributed by atoms with van der Waals surface area (Å²) >= 11 is 0. The van der Waals surface area contributed by atoms with Gasteiger partial charge >= 0.3 is 6.03 Å². The molecular formula is C17H26N2O3. The Morgan fingerprint density at radius 1 is 1.41 bits per heavy atom. The first-order chi connectivity index (χ1) is 10.6. The molecule has 2 N–H and O–H groups in total. The number of amides is 2. The highest BCUT2D eigenvalue weighted by atomic mass is 16.5. The molecule has 1 aromatic carbocycles. The van der Waals surface area contributed by atoms with E-state index < -0.39 is 6.10 Å². The molecule has 1 fully saturated rings. The first kappa shape index (κ1) is 16.8. The maximum atomic E-state index is 12.3. The van der Waals surface area contributed by atoms with Gasteiger partial charge in [0.15, 0.2) is 0 Å². The van der Waals surface area contributed by atoms with Gasteiger partial charge in [-0.1, -0.05) is 44.2 Å². The van der Waals surface area contributed by atoms with Crippen molar-refractivity contribution in [2.75, 3.05) is 26.3 Å². The van der Waals surface area contributed by atoms with Crippen molar-refractivity contribution < 1.29 is 14.6 Å². The zero-order valence-electron chi connectivity index (χ0n) is 13.4. The molecule has 0 bridgehead atoms. The molecule has 2 unspecified atom stereocenters. The predicted octanol–water partition coefficient (Wildman–Crippen LogP) is 2.18. The zero-order chi connectivity index (χ0) is 15.9. The van der Waals surface area contributed by atoms with Crippen molar-refractivity contribution in [2.24, 2.45) is 5.92 Å². The summed E-state index contributed by atoms with van der Waals surface area (Å²) in [5, 5.41) is 13.3. The van der Waals surface area contributed by atoms with Gasteiger partial charge in [-0.3, -0.25) is 0 Å². The van der Waals surface area contributed by atoms with Crippen LogP contribution in [0.15, 0.2) is 30.3 Å². The number of ether oxygens (including phenoxy) is 1. The fraction of sp³-hybridized carbons (Fsp3) is 0.588. The summed E-state index contributed by atoms with van der Waals surface area (Å²) in [6.45, 7) is 6.37. The number of aliphatic hydroxyl groups excluding tert-OH is 1. The lowest BCUT2D eigenvalue weighted by atomic mass is 10.0. The lowest BCUT2D eigenvalue weighted by Crippen LogP contribution is -2.53. The predicted molar refractivity (Wildman–Crippen MR) is 85.6 cm³/mol. The Kier molecular flexibility index (Phi) is 6.21. The summed E-state index contributed by atoms with van der Waals surface area (Å²) in [6.07, 6.45) is -0.104. The van der Waals surface area contributed by atoms with E-state index in [1.54, 1.807) is 4.90 Å². The number of benzene rings is 1. The van der Waals surface area contributed by atoms with E-state index in [4.69, 9.17) is 4.74 Å². The van der Waals surface area contributed by atoms with Crippen molar-refractivity contribution >= 4 is 6.03 Å². The third kappa shape index (κ3) is 4.71. The van der Waals surface area contributed by atoms with E-state index in [2.05, 4.69) is 19.2 Å². The van der Waals surface area contributed by atoms with E-state index >= 15 is 0 Å². The molecule has 1 aliphatic rings. The Balaban J connectivity index is 1.96. The minimum atomic E-state index is -0.590. The number of urea groups is 1. The fourth-order valence-corrected chi connectivity index (χ4v) is 2.58. The quantitative estimate of drug-likeness (QED) is 0.876. The third-order valence-corrected chi connectivity index (χ3v) is 3.83. The van der Waals surface area contributed by atoms with Crippen molar-refractivity contribution in [3.63, 3.8) is 0 Å². The molecule has 0 radical (unpaired) electrons. The summed E-state index contributed by atoms with van der Waals surface area (Å²) < 4.78 is 5.49. The van der Waals surface area contributed by atoms with Gasteiger partial charge in [-0.05, 0) is 11.5 Å². The molecule has 1 aliphatic heterocycles. The highest BCUT2D eigenvalue weighted by Crippen LogP contribution is 2.22. The maximum absolute atomic E-state index is 12.3. The fourth-order valence-electron chi connectivity index (χ4n) is 2.58. The molecule has 5 heteroatoms. The molecule has 0 aliphatic carbocycles. The zero-order valence-corrected chi connectivity index (χ0v) is 13.4. The van der Waals surface area contributed by atoms with Crippen LogP contribution < -0.4 is 5.32 Å². The van der Waals surface area contributed by atoms with E-state index in [0.717, 1.165) is 5.56 Å². The van der Waals surface area contributed by atoms with Crippen LogP contribution in [0, 0.1) is 5.92 Å². The Labute approximate surface area is 132 Å². The van der Waals surface area contributed by atoms with Gasteiger partial charge in [0, 0.05) is 19.5 Å². The summed E-state index contributed by atoms with van der Waals surface area (Å²) in [7, 11) is 0. The minimum Gasteiger partial charge on any atom is -0.388 e. The Hall–Kier alpha value is -1.59. The molecule has 2 amide bonds. The first-order valence-corrected chi connectivity index (χ1v) is 7.93. The summed E-state index contributed by atoms with van der Waals surface area (Å²) in [5.74, 6) is 0.415. The van der Waals surface area contributed by atoms with Crippen LogP contribution >= 0.6 is 0 Å². The molecule has 1 aromatic rings. The van der Waals surface area contributed by atoms with Gasteiger partial charge < -0.3 is 20.1 Å². The van der Waals surface area contributed by atoms with Gasteiger partial charge in [0.2, 0.25) is 0 Å². The van der Waals surface area contributed by atoms with Crippen LogP contribution in [0.5, 0.6) is 0 Å². The molecule has 22 heavy (non-hydrogen) atoms. The van der Waals surface area contributed by atoms with Crippen LogP contribution in [0.1, 0.15) is 31.9 Å². The number of hydrogen-bond donors (Lipinski definition) is 2. The largest absolute Gasteiger partial charge is 0.388 e. The second kappa shape index (κ2) is 8.15. The molecule has 2 rings (SSSR count). The van der Waals surface area contributed by atoms with E-state index in [-0.39, 0.29) is 12.1 Å². The number of aliphatic hydroxyl groups is 1. The number of carbonyl (C=O) groups is 1. The van der Waals surface area contributed by atoms with E-state index in [1.165, 1.54) is 0 Å². The normalized spacial score (nSPS) is 20.0. The van der Waals surface area contributed by atoms with Gasteiger partial charge in [-0.2, -0.15) is 0 Å². The van der Waals surface area contributed by atoms with Gasteiger partial charge in [0.25, 0.3) is 0 Å². The number of hydrogen-bond acceptors (Lipinski definition) is 3. The van der Waals surface area contributed by atoms with E-state index in [1.807, 2.05) is 30.3 Å². The second-order valence-corrected chi connectivity index (χ2v) is 6.16. The van der Waals surface area contributed by atoms with Crippen LogP contribution in [0.25, 0.3) is 0 Å². The van der Waals surface area contributed by atoms with Crippen LogP contribution in [-0.2, 0) is 4.74 Å². The van der Waals surface area contributed by atoms with Crippen LogP contribution in [0.4, 0.5) is 4.79 Å². The highest BCUT2D eigenvalue weighted by Gasteiger charge is 2.29. The summed E-state index contributed by atoms with van der Waals surface area (Å²) in [6, 6.07) is 9.37. The Morgan fingerprint density at radius 3 is 2.82 bits per heavy atom. The van der Waals surface area contributed by atoms with Crippen molar-refractivity contribution in [2.45, 2.75) is 32.4 Å². The monoisotopic (exact) mass is 306 g/mol. The molecular weight excluding hydrogens is 280 g/mol. The molecule has 1 heterocycles. The summed E-state index contributed by atoms with van der Waals surface area (Å²) in [5.41, 5.74) is 0.871. The summed E-state index contributed by atoms with van der Waals surface area (Å²) in [4.78, 5) is 14.1. The molecule has 0 saturated carbocycles. The Bertz CT molecular complexity index is 464. The van der Waals surface area contributed by atoms with Crippen LogP contribution in [-0.4, -0.2) is 48.4 Å². The third-order valence-electron chi connectivity index (χ3n) is 3.83. The lowest BCUT2D eigenvalue weighted by Gasteiger charge is -2.36. The molecule has 1 saturated heterocycles. The van der Waals surface area contributed by atoms with Crippen LogP contribution in [0.2, 0.25) is 0 Å². The molecule has 0 spiro atoms. The average molecular weight is 306 g/mol. The minimum absolute atomic E-state index is 0.0674. The van der Waals surface area contributed by atoms with E-state index in [0.29, 0.717) is 38.6 Å². The molecule has 5 nitrogen and oxygen atoms in total.